The lowest BCUT2D eigenvalue weighted by Gasteiger charge is -2.14. The summed E-state index contributed by atoms with van der Waals surface area (Å²) in [7, 11) is 0. The molecule has 1 aromatic carbocycles. The molecule has 2 rings (SSSR count). The quantitative estimate of drug-likeness (QED) is 0.769. The van der Waals surface area contributed by atoms with Crippen molar-refractivity contribution in [3.63, 3.8) is 0 Å². The normalized spacial score (nSPS) is 14.3. The van der Waals surface area contributed by atoms with Gasteiger partial charge in [-0.1, -0.05) is 12.1 Å². The molecule has 0 radical (unpaired) electrons. The minimum atomic E-state index is 0.104. The maximum Gasteiger partial charge on any atom is 0.130 e. The zero-order chi connectivity index (χ0) is 14.2. The Labute approximate surface area is 119 Å². The molecule has 1 aliphatic heterocycles. The van der Waals surface area contributed by atoms with Crippen molar-refractivity contribution in [2.24, 2.45) is 0 Å². The van der Waals surface area contributed by atoms with Crippen LogP contribution in [0.5, 0.6) is 5.75 Å². The van der Waals surface area contributed by atoms with E-state index in [1.54, 1.807) is 6.08 Å². The zero-order valence-corrected chi connectivity index (χ0v) is 11.4. The molecule has 20 heavy (non-hydrogen) atoms. The van der Waals surface area contributed by atoms with Crippen LogP contribution in [0.1, 0.15) is 18.4 Å². The van der Waals surface area contributed by atoms with E-state index in [9.17, 15) is 0 Å². The molecule has 1 aliphatic rings. The number of allylic oxidation sites excluding steroid dienone is 1. The first kappa shape index (κ1) is 14.1. The van der Waals surface area contributed by atoms with Crippen LogP contribution in [-0.2, 0) is 0 Å². The van der Waals surface area contributed by atoms with E-state index in [-0.39, 0.29) is 5.57 Å². The van der Waals surface area contributed by atoms with E-state index in [0.29, 0.717) is 6.61 Å². The summed E-state index contributed by atoms with van der Waals surface area (Å²) in [6.45, 7) is 4.02. The van der Waals surface area contributed by atoms with E-state index in [0.717, 1.165) is 17.9 Å². The molecular formula is C16H17N3O. The fourth-order valence-electron chi connectivity index (χ4n) is 2.22. The third kappa shape index (κ3) is 4.12. The van der Waals surface area contributed by atoms with Gasteiger partial charge in [0, 0.05) is 6.54 Å². The van der Waals surface area contributed by atoms with Gasteiger partial charge in [-0.25, -0.2) is 0 Å². The Morgan fingerprint density at radius 3 is 2.40 bits per heavy atom. The number of nitriles is 2. The van der Waals surface area contributed by atoms with Crippen LogP contribution >= 0.6 is 0 Å². The maximum atomic E-state index is 8.69. The summed E-state index contributed by atoms with van der Waals surface area (Å²) in [5.74, 6) is 0.816. The van der Waals surface area contributed by atoms with E-state index >= 15 is 0 Å². The molecule has 4 nitrogen and oxygen atoms in total. The molecule has 4 heteroatoms. The lowest BCUT2D eigenvalue weighted by molar-refractivity contribution is 0.238. The topological polar surface area (TPSA) is 60.1 Å². The molecule has 1 aromatic rings. The minimum absolute atomic E-state index is 0.104. The van der Waals surface area contributed by atoms with Crippen LogP contribution in [-0.4, -0.2) is 31.1 Å². The average molecular weight is 267 g/mol. The summed E-state index contributed by atoms with van der Waals surface area (Å²) in [6, 6.07) is 11.1. The summed E-state index contributed by atoms with van der Waals surface area (Å²) in [6.07, 6.45) is 4.15. The van der Waals surface area contributed by atoms with Crippen molar-refractivity contribution >= 4 is 6.08 Å². The predicted molar refractivity (Wildman–Crippen MR) is 76.8 cm³/mol. The van der Waals surface area contributed by atoms with Gasteiger partial charge in [0.25, 0.3) is 0 Å². The van der Waals surface area contributed by atoms with E-state index in [1.165, 1.54) is 25.9 Å². The second kappa shape index (κ2) is 7.33. The summed E-state index contributed by atoms with van der Waals surface area (Å²) in [5.41, 5.74) is 0.933. The Kier molecular flexibility index (Phi) is 5.17. The van der Waals surface area contributed by atoms with Gasteiger partial charge in [-0.15, -0.1) is 0 Å². The van der Waals surface area contributed by atoms with E-state index in [2.05, 4.69) is 4.90 Å². The van der Waals surface area contributed by atoms with Gasteiger partial charge in [0.2, 0.25) is 0 Å². The van der Waals surface area contributed by atoms with Crippen molar-refractivity contribution in [1.29, 1.82) is 10.5 Å². The second-order valence-electron chi connectivity index (χ2n) is 4.75. The van der Waals surface area contributed by atoms with E-state index in [1.807, 2.05) is 36.4 Å². The van der Waals surface area contributed by atoms with Gasteiger partial charge in [-0.05, 0) is 49.7 Å². The summed E-state index contributed by atoms with van der Waals surface area (Å²) in [5, 5.41) is 17.4. The number of likely N-dealkylation sites (tertiary alicyclic amines) is 1. The first-order valence-corrected chi connectivity index (χ1v) is 6.79. The lowest BCUT2D eigenvalue weighted by atomic mass is 10.1. The molecule has 0 spiro atoms. The Morgan fingerprint density at radius 2 is 1.80 bits per heavy atom. The molecule has 0 amide bonds. The van der Waals surface area contributed by atoms with Crippen LogP contribution in [0.25, 0.3) is 6.08 Å². The molecule has 0 saturated carbocycles. The van der Waals surface area contributed by atoms with Crippen molar-refractivity contribution in [3.05, 3.63) is 35.4 Å². The van der Waals surface area contributed by atoms with Gasteiger partial charge in [0.15, 0.2) is 0 Å². The van der Waals surface area contributed by atoms with Gasteiger partial charge in [-0.2, -0.15) is 10.5 Å². The standard InChI is InChI=1S/C16H17N3O/c17-12-15(13-18)11-14-3-5-16(6-4-14)20-10-9-19-7-1-2-8-19/h3-6,11H,1-2,7-10H2. The van der Waals surface area contributed by atoms with Gasteiger partial charge < -0.3 is 4.74 Å². The average Bonchev–Trinajstić information content (AvgIpc) is 2.99. The van der Waals surface area contributed by atoms with E-state index < -0.39 is 0 Å². The highest BCUT2D eigenvalue weighted by molar-refractivity contribution is 5.62. The fraction of sp³-hybridized carbons (Fsp3) is 0.375. The minimum Gasteiger partial charge on any atom is -0.492 e. The smallest absolute Gasteiger partial charge is 0.130 e. The van der Waals surface area contributed by atoms with Crippen LogP contribution < -0.4 is 4.74 Å². The molecule has 1 fully saturated rings. The van der Waals surface area contributed by atoms with Crippen LogP contribution in [0.4, 0.5) is 0 Å². The highest BCUT2D eigenvalue weighted by Crippen LogP contribution is 2.15. The molecule has 1 saturated heterocycles. The van der Waals surface area contributed by atoms with Crippen molar-refractivity contribution in [3.8, 4) is 17.9 Å². The van der Waals surface area contributed by atoms with Crippen LogP contribution in [0, 0.1) is 22.7 Å². The fourth-order valence-corrected chi connectivity index (χ4v) is 2.22. The largest absolute Gasteiger partial charge is 0.492 e. The number of hydrogen-bond acceptors (Lipinski definition) is 4. The molecule has 0 bridgehead atoms. The SMILES string of the molecule is N#CC(C#N)=Cc1ccc(OCCN2CCCC2)cc1. The van der Waals surface area contributed by atoms with Gasteiger partial charge in [0.1, 0.15) is 30.1 Å². The highest BCUT2D eigenvalue weighted by atomic mass is 16.5. The summed E-state index contributed by atoms with van der Waals surface area (Å²) in [4.78, 5) is 2.41. The Hall–Kier alpha value is -2.30. The zero-order valence-electron chi connectivity index (χ0n) is 11.4. The van der Waals surface area contributed by atoms with Crippen molar-refractivity contribution in [1.82, 2.24) is 4.90 Å². The lowest BCUT2D eigenvalue weighted by Crippen LogP contribution is -2.25. The third-order valence-electron chi connectivity index (χ3n) is 3.31. The molecular weight excluding hydrogens is 250 g/mol. The summed E-state index contributed by atoms with van der Waals surface area (Å²) >= 11 is 0. The van der Waals surface area contributed by atoms with Crippen LogP contribution in [0.2, 0.25) is 0 Å². The summed E-state index contributed by atoms with van der Waals surface area (Å²) < 4.78 is 5.69. The van der Waals surface area contributed by atoms with Crippen molar-refractivity contribution in [2.75, 3.05) is 26.2 Å². The molecule has 0 atom stereocenters. The van der Waals surface area contributed by atoms with Gasteiger partial charge >= 0.3 is 0 Å². The molecule has 0 N–H and O–H groups in total. The number of hydrogen-bond donors (Lipinski definition) is 0. The Morgan fingerprint density at radius 1 is 1.15 bits per heavy atom. The monoisotopic (exact) mass is 267 g/mol. The Balaban J connectivity index is 1.84. The van der Waals surface area contributed by atoms with E-state index in [4.69, 9.17) is 15.3 Å². The second-order valence-corrected chi connectivity index (χ2v) is 4.75. The number of benzene rings is 1. The molecule has 1 heterocycles. The van der Waals surface area contributed by atoms with Crippen molar-refractivity contribution in [2.45, 2.75) is 12.8 Å². The number of rotatable bonds is 5. The van der Waals surface area contributed by atoms with Gasteiger partial charge in [0.05, 0.1) is 0 Å². The predicted octanol–water partition coefficient (Wildman–Crippen LogP) is 2.59. The van der Waals surface area contributed by atoms with Crippen molar-refractivity contribution < 1.29 is 4.74 Å². The van der Waals surface area contributed by atoms with Gasteiger partial charge in [-0.3, -0.25) is 4.90 Å². The number of ether oxygens (including phenoxy) is 1. The first-order valence-electron chi connectivity index (χ1n) is 6.79. The molecule has 0 aromatic heterocycles. The third-order valence-corrected chi connectivity index (χ3v) is 3.31. The number of nitrogens with zero attached hydrogens (tertiary/aromatic N) is 3. The molecule has 102 valence electrons. The maximum absolute atomic E-state index is 8.69. The first-order chi connectivity index (χ1) is 9.81. The highest BCUT2D eigenvalue weighted by Gasteiger charge is 2.10. The Bertz CT molecular complexity index is 527. The van der Waals surface area contributed by atoms with Crippen LogP contribution in [0.3, 0.4) is 0 Å². The van der Waals surface area contributed by atoms with Crippen LogP contribution in [0.15, 0.2) is 29.8 Å². The molecule has 0 unspecified atom stereocenters. The molecule has 0 aliphatic carbocycles.